The van der Waals surface area contributed by atoms with Gasteiger partial charge in [0, 0.05) is 24.2 Å². The second-order valence-corrected chi connectivity index (χ2v) is 14.6. The smallest absolute Gasteiger partial charge is 0.408 e. The molecular formula is C37H47N5O5. The summed E-state index contributed by atoms with van der Waals surface area (Å²) in [5.74, 6) is -1.17. The predicted octanol–water partition coefficient (Wildman–Crippen LogP) is 4.75. The first-order valence-corrected chi connectivity index (χ1v) is 16.9. The molecule has 4 fully saturated rings. The highest BCUT2D eigenvalue weighted by molar-refractivity contribution is 5.99. The van der Waals surface area contributed by atoms with Crippen LogP contribution in [0.5, 0.6) is 0 Å². The van der Waals surface area contributed by atoms with Crippen molar-refractivity contribution < 1.29 is 23.9 Å². The van der Waals surface area contributed by atoms with Gasteiger partial charge < -0.3 is 30.5 Å². The van der Waals surface area contributed by atoms with Crippen LogP contribution >= 0.6 is 0 Å². The number of alkyl carbamates (subject to hydrolysis) is 1. The van der Waals surface area contributed by atoms with Crippen LogP contribution in [0, 0.1) is 11.3 Å². The lowest BCUT2D eigenvalue weighted by Gasteiger charge is -2.35. The third-order valence-corrected chi connectivity index (χ3v) is 9.93. The largest absolute Gasteiger partial charge is 0.446 e. The number of benzene rings is 2. The molecular weight excluding hydrogens is 594 g/mol. The van der Waals surface area contributed by atoms with Gasteiger partial charge in [0.2, 0.25) is 17.7 Å². The van der Waals surface area contributed by atoms with E-state index in [2.05, 4.69) is 22.5 Å². The van der Waals surface area contributed by atoms with E-state index in [0.29, 0.717) is 6.42 Å². The zero-order chi connectivity index (χ0) is 33.3. The SMILES string of the molecule is C=C[C@@H]1C[C@]1(NC(=O)[C@@H]1CN(c2ccc(-c3ccccc3)cc2)CN1C(=O)[C@@H](NC(=O)OC1CCCC1)C(C)(C)C)C(=O)NC1CC1. The fraction of sp³-hybridized carbons (Fsp3) is 0.514. The van der Waals surface area contributed by atoms with E-state index in [4.69, 9.17) is 4.74 Å². The van der Waals surface area contributed by atoms with Crippen molar-refractivity contribution in [1.29, 1.82) is 0 Å². The summed E-state index contributed by atoms with van der Waals surface area (Å²) in [6, 6.07) is 16.4. The highest BCUT2D eigenvalue weighted by Gasteiger charge is 2.61. The van der Waals surface area contributed by atoms with E-state index < -0.39 is 35.0 Å². The van der Waals surface area contributed by atoms with Crippen LogP contribution in [0.15, 0.2) is 67.3 Å². The summed E-state index contributed by atoms with van der Waals surface area (Å²) < 4.78 is 5.66. The molecule has 0 bridgehead atoms. The maximum atomic E-state index is 14.4. The average Bonchev–Trinajstić information content (AvgIpc) is 3.88. The van der Waals surface area contributed by atoms with Crippen LogP contribution in [0.4, 0.5) is 10.5 Å². The number of anilines is 1. The van der Waals surface area contributed by atoms with E-state index >= 15 is 0 Å². The maximum Gasteiger partial charge on any atom is 0.408 e. The van der Waals surface area contributed by atoms with Gasteiger partial charge in [-0.15, -0.1) is 6.58 Å². The van der Waals surface area contributed by atoms with Crippen molar-refractivity contribution in [3.63, 3.8) is 0 Å². The quantitative estimate of drug-likeness (QED) is 0.322. The summed E-state index contributed by atoms with van der Waals surface area (Å²) in [5.41, 5.74) is 1.26. The highest BCUT2D eigenvalue weighted by Crippen LogP contribution is 2.45. The van der Waals surface area contributed by atoms with Crippen molar-refractivity contribution in [3.8, 4) is 11.1 Å². The van der Waals surface area contributed by atoms with Crippen LogP contribution in [0.25, 0.3) is 11.1 Å². The van der Waals surface area contributed by atoms with Crippen molar-refractivity contribution >= 4 is 29.5 Å². The van der Waals surface area contributed by atoms with Crippen LogP contribution in [0.1, 0.15) is 65.7 Å². The zero-order valence-corrected chi connectivity index (χ0v) is 27.7. The lowest BCUT2D eigenvalue weighted by atomic mass is 9.85. The Morgan fingerprint density at radius 1 is 0.957 bits per heavy atom. The van der Waals surface area contributed by atoms with Crippen molar-refractivity contribution in [2.24, 2.45) is 11.3 Å². The summed E-state index contributed by atoms with van der Waals surface area (Å²) in [4.78, 5) is 58.5. The fourth-order valence-corrected chi connectivity index (χ4v) is 6.78. The van der Waals surface area contributed by atoms with Gasteiger partial charge in [0.15, 0.2) is 0 Å². The third-order valence-electron chi connectivity index (χ3n) is 9.93. The van der Waals surface area contributed by atoms with Crippen molar-refractivity contribution in [2.45, 2.75) is 95.5 Å². The molecule has 3 aliphatic carbocycles. The molecule has 4 atom stereocenters. The molecule has 10 heteroatoms. The number of nitrogens with one attached hydrogen (secondary N) is 3. The summed E-state index contributed by atoms with van der Waals surface area (Å²) in [5, 5.41) is 8.93. The van der Waals surface area contributed by atoms with Crippen LogP contribution in [0.3, 0.4) is 0 Å². The molecule has 2 aromatic carbocycles. The molecule has 10 nitrogen and oxygen atoms in total. The van der Waals surface area contributed by atoms with Gasteiger partial charge >= 0.3 is 6.09 Å². The summed E-state index contributed by atoms with van der Waals surface area (Å²) in [7, 11) is 0. The molecule has 4 amide bonds. The van der Waals surface area contributed by atoms with Crippen LogP contribution in [-0.2, 0) is 19.1 Å². The maximum absolute atomic E-state index is 14.4. The Bertz CT molecular complexity index is 1500. The highest BCUT2D eigenvalue weighted by atomic mass is 16.6. The van der Waals surface area contributed by atoms with Gasteiger partial charge in [-0.3, -0.25) is 14.4 Å². The van der Waals surface area contributed by atoms with E-state index in [0.717, 1.165) is 55.3 Å². The van der Waals surface area contributed by atoms with Crippen LogP contribution in [0.2, 0.25) is 0 Å². The monoisotopic (exact) mass is 641 g/mol. The molecule has 47 heavy (non-hydrogen) atoms. The fourth-order valence-electron chi connectivity index (χ4n) is 6.78. The Kier molecular flexibility index (Phi) is 9.05. The normalized spacial score (nSPS) is 24.7. The molecule has 250 valence electrons. The summed E-state index contributed by atoms with van der Waals surface area (Å²) >= 11 is 0. The first-order valence-electron chi connectivity index (χ1n) is 16.9. The molecule has 0 aromatic heterocycles. The number of carbonyl (C=O) groups is 4. The topological polar surface area (TPSA) is 120 Å². The molecule has 4 aliphatic rings. The lowest BCUT2D eigenvalue weighted by molar-refractivity contribution is -0.142. The minimum absolute atomic E-state index is 0.139. The van der Waals surface area contributed by atoms with Crippen molar-refractivity contribution in [3.05, 3.63) is 67.3 Å². The standard InChI is InChI=1S/C37H47N5O5/c1-5-26-21-37(26,34(45)38-27-17-18-27)40-32(43)30-22-41(28-19-15-25(16-20-28)24-11-7-6-8-12-24)23-42(30)33(44)31(36(2,3)4)39-35(46)47-29-13-9-10-14-29/h5-8,11-12,15-16,19-20,26-27,29-31H,1,9-10,13-14,17-18,21-23H2,2-4H3,(H,38,45)(H,39,46)(H,40,43)/t26-,30+,31-,37-/m1/s1. The predicted molar refractivity (Wildman–Crippen MR) is 180 cm³/mol. The first-order chi connectivity index (χ1) is 22.5. The number of amides is 4. The molecule has 0 spiro atoms. The van der Waals surface area contributed by atoms with Gasteiger partial charge in [-0.25, -0.2) is 4.79 Å². The van der Waals surface area contributed by atoms with Crippen molar-refractivity contribution in [1.82, 2.24) is 20.9 Å². The van der Waals surface area contributed by atoms with Gasteiger partial charge in [0.05, 0.1) is 6.67 Å². The Hall–Kier alpha value is -4.34. The number of carbonyl (C=O) groups excluding carboxylic acids is 4. The van der Waals surface area contributed by atoms with E-state index in [-0.39, 0.29) is 43.1 Å². The van der Waals surface area contributed by atoms with Crippen LogP contribution < -0.4 is 20.9 Å². The minimum Gasteiger partial charge on any atom is -0.446 e. The number of nitrogens with zero attached hydrogens (tertiary/aromatic N) is 2. The molecule has 3 N–H and O–H groups in total. The molecule has 1 heterocycles. The Morgan fingerprint density at radius 3 is 2.21 bits per heavy atom. The third kappa shape index (κ3) is 7.16. The van der Waals surface area contributed by atoms with Gasteiger partial charge in [0.25, 0.3) is 0 Å². The van der Waals surface area contributed by atoms with E-state index in [1.807, 2.05) is 80.3 Å². The number of hydrogen-bond donors (Lipinski definition) is 3. The number of ether oxygens (including phenoxy) is 1. The molecule has 1 aliphatic heterocycles. The first kappa shape index (κ1) is 32.6. The van der Waals surface area contributed by atoms with Gasteiger partial charge in [0.1, 0.15) is 23.7 Å². The van der Waals surface area contributed by atoms with E-state index in [1.165, 1.54) is 4.90 Å². The Morgan fingerprint density at radius 2 is 1.62 bits per heavy atom. The molecule has 0 unspecified atom stereocenters. The average molecular weight is 642 g/mol. The van der Waals surface area contributed by atoms with E-state index in [1.54, 1.807) is 6.08 Å². The Balaban J connectivity index is 1.25. The second-order valence-electron chi connectivity index (χ2n) is 14.6. The van der Waals surface area contributed by atoms with E-state index in [9.17, 15) is 19.2 Å². The minimum atomic E-state index is -1.08. The lowest BCUT2D eigenvalue weighted by Crippen LogP contribution is -2.60. The molecule has 0 radical (unpaired) electrons. The van der Waals surface area contributed by atoms with Crippen LogP contribution in [-0.4, -0.2) is 71.7 Å². The summed E-state index contributed by atoms with van der Waals surface area (Å²) in [6.07, 6.45) is 6.92. The number of hydrogen-bond acceptors (Lipinski definition) is 6. The molecule has 2 aromatic rings. The van der Waals surface area contributed by atoms with Gasteiger partial charge in [-0.1, -0.05) is 69.3 Å². The molecule has 6 rings (SSSR count). The van der Waals surface area contributed by atoms with Gasteiger partial charge in [-0.2, -0.15) is 0 Å². The van der Waals surface area contributed by atoms with Crippen molar-refractivity contribution in [2.75, 3.05) is 18.1 Å². The zero-order valence-electron chi connectivity index (χ0n) is 27.7. The Labute approximate surface area is 277 Å². The second kappa shape index (κ2) is 13.0. The van der Waals surface area contributed by atoms with Gasteiger partial charge in [-0.05, 0) is 73.6 Å². The molecule has 3 saturated carbocycles. The molecule has 1 saturated heterocycles. The number of rotatable bonds is 10. The summed E-state index contributed by atoms with van der Waals surface area (Å²) in [6.45, 7) is 9.89.